The second-order valence-corrected chi connectivity index (χ2v) is 7.18. The zero-order valence-electron chi connectivity index (χ0n) is 12.7. The van der Waals surface area contributed by atoms with Gasteiger partial charge in [0, 0.05) is 11.6 Å². The van der Waals surface area contributed by atoms with Crippen molar-refractivity contribution in [2.24, 2.45) is 5.92 Å². The lowest BCUT2D eigenvalue weighted by Gasteiger charge is -2.26. The maximum atomic E-state index is 13.0. The molecule has 1 saturated heterocycles. The number of nitrogens with zero attached hydrogens (tertiary/aromatic N) is 1. The van der Waals surface area contributed by atoms with Gasteiger partial charge in [-0.05, 0) is 36.5 Å². The van der Waals surface area contributed by atoms with Gasteiger partial charge in [-0.25, -0.2) is 0 Å². The molecular formula is C17H23ClN2O. The first-order valence-electron chi connectivity index (χ1n) is 7.86. The Balaban J connectivity index is 1.92. The van der Waals surface area contributed by atoms with E-state index in [0.717, 1.165) is 42.8 Å². The molecule has 1 aromatic rings. The van der Waals surface area contributed by atoms with Crippen molar-refractivity contribution < 1.29 is 4.79 Å². The van der Waals surface area contributed by atoms with Crippen molar-refractivity contribution in [3.63, 3.8) is 0 Å². The van der Waals surface area contributed by atoms with Crippen LogP contribution in [0.25, 0.3) is 0 Å². The number of carbonyl (C=O) groups is 1. The summed E-state index contributed by atoms with van der Waals surface area (Å²) in [5, 5.41) is 4.37. The molecule has 4 heteroatoms. The van der Waals surface area contributed by atoms with E-state index in [1.54, 1.807) is 0 Å². The van der Waals surface area contributed by atoms with Gasteiger partial charge in [0.05, 0.1) is 5.54 Å². The van der Waals surface area contributed by atoms with Crippen LogP contribution in [0, 0.1) is 5.92 Å². The summed E-state index contributed by atoms with van der Waals surface area (Å²) in [4.78, 5) is 15.0. The van der Waals surface area contributed by atoms with Gasteiger partial charge in [-0.1, -0.05) is 50.4 Å². The molecule has 1 aliphatic carbocycles. The summed E-state index contributed by atoms with van der Waals surface area (Å²) in [6, 6.07) is 7.84. The Labute approximate surface area is 131 Å². The van der Waals surface area contributed by atoms with Crippen molar-refractivity contribution in [3.05, 3.63) is 34.9 Å². The van der Waals surface area contributed by atoms with Gasteiger partial charge in [-0.3, -0.25) is 10.1 Å². The monoisotopic (exact) mass is 306 g/mol. The van der Waals surface area contributed by atoms with Crippen LogP contribution in [0.2, 0.25) is 5.02 Å². The molecule has 0 radical (unpaired) electrons. The van der Waals surface area contributed by atoms with Crippen molar-refractivity contribution in [2.75, 3.05) is 6.54 Å². The molecule has 1 spiro atoms. The quantitative estimate of drug-likeness (QED) is 0.922. The molecule has 1 atom stereocenters. The third-order valence-electron chi connectivity index (χ3n) is 4.60. The predicted molar refractivity (Wildman–Crippen MR) is 85.1 cm³/mol. The molecule has 1 amide bonds. The van der Waals surface area contributed by atoms with E-state index in [4.69, 9.17) is 11.6 Å². The number of rotatable bonds is 3. The topological polar surface area (TPSA) is 32.3 Å². The summed E-state index contributed by atoms with van der Waals surface area (Å²) in [6.07, 6.45) is 4.19. The molecular weight excluding hydrogens is 284 g/mol. The van der Waals surface area contributed by atoms with Crippen molar-refractivity contribution >= 4 is 17.5 Å². The normalized spacial score (nSPS) is 24.5. The summed E-state index contributed by atoms with van der Waals surface area (Å²) in [5.41, 5.74) is 0.802. The van der Waals surface area contributed by atoms with Gasteiger partial charge in [0.2, 0.25) is 5.91 Å². The van der Waals surface area contributed by atoms with Crippen LogP contribution in [0.5, 0.6) is 0 Å². The number of carbonyl (C=O) groups excluding carboxylic acids is 1. The van der Waals surface area contributed by atoms with Crippen LogP contribution < -0.4 is 5.32 Å². The summed E-state index contributed by atoms with van der Waals surface area (Å²) < 4.78 is 0. The van der Waals surface area contributed by atoms with Crippen LogP contribution in [0.15, 0.2) is 24.3 Å². The van der Waals surface area contributed by atoms with E-state index in [1.165, 1.54) is 0 Å². The first-order chi connectivity index (χ1) is 10.0. The average Bonchev–Trinajstić information content (AvgIpc) is 3.01. The Bertz CT molecular complexity index is 520. The highest BCUT2D eigenvalue weighted by Gasteiger charge is 2.52. The molecule has 21 heavy (non-hydrogen) atoms. The van der Waals surface area contributed by atoms with Crippen LogP contribution in [0.1, 0.15) is 51.3 Å². The molecule has 1 heterocycles. The van der Waals surface area contributed by atoms with Crippen molar-refractivity contribution in [1.82, 2.24) is 10.2 Å². The van der Waals surface area contributed by atoms with E-state index < -0.39 is 0 Å². The highest BCUT2D eigenvalue weighted by Crippen LogP contribution is 2.41. The third kappa shape index (κ3) is 2.69. The standard InChI is InChI=1S/C17H23ClN2O/c1-12(2)11-20-15(13-5-7-14(18)8-6-13)19-17(16(20)21)9-3-4-10-17/h5-8,12,15,19H,3-4,9-11H2,1-2H3. The lowest BCUT2D eigenvalue weighted by atomic mass is 9.98. The summed E-state index contributed by atoms with van der Waals surface area (Å²) in [7, 11) is 0. The Morgan fingerprint density at radius 2 is 1.90 bits per heavy atom. The van der Waals surface area contributed by atoms with Crippen molar-refractivity contribution in [2.45, 2.75) is 51.2 Å². The number of halogens is 1. The Kier molecular flexibility index (Phi) is 3.98. The predicted octanol–water partition coefficient (Wildman–Crippen LogP) is 3.74. The average molecular weight is 307 g/mol. The Morgan fingerprint density at radius 1 is 1.29 bits per heavy atom. The van der Waals surface area contributed by atoms with E-state index in [1.807, 2.05) is 29.2 Å². The molecule has 1 aromatic carbocycles. The Morgan fingerprint density at radius 3 is 2.48 bits per heavy atom. The fraction of sp³-hybridized carbons (Fsp3) is 0.588. The van der Waals surface area contributed by atoms with E-state index in [-0.39, 0.29) is 17.6 Å². The van der Waals surface area contributed by atoms with E-state index in [2.05, 4.69) is 19.2 Å². The van der Waals surface area contributed by atoms with Gasteiger partial charge in [0.15, 0.2) is 0 Å². The minimum atomic E-state index is -0.320. The second-order valence-electron chi connectivity index (χ2n) is 6.74. The Hall–Kier alpha value is -1.06. The molecule has 2 aliphatic rings. The lowest BCUT2D eigenvalue weighted by molar-refractivity contribution is -0.133. The zero-order valence-corrected chi connectivity index (χ0v) is 13.5. The molecule has 1 saturated carbocycles. The molecule has 3 rings (SSSR count). The van der Waals surface area contributed by atoms with Crippen molar-refractivity contribution in [1.29, 1.82) is 0 Å². The van der Waals surface area contributed by atoms with Gasteiger partial charge < -0.3 is 4.90 Å². The number of hydrogen-bond acceptors (Lipinski definition) is 2. The lowest BCUT2D eigenvalue weighted by Crippen LogP contribution is -2.44. The van der Waals surface area contributed by atoms with Gasteiger partial charge in [-0.2, -0.15) is 0 Å². The van der Waals surface area contributed by atoms with Gasteiger partial charge >= 0.3 is 0 Å². The zero-order chi connectivity index (χ0) is 15.0. The number of amides is 1. The van der Waals surface area contributed by atoms with E-state index in [0.29, 0.717) is 5.92 Å². The maximum Gasteiger partial charge on any atom is 0.244 e. The van der Waals surface area contributed by atoms with Crippen LogP contribution >= 0.6 is 11.6 Å². The largest absolute Gasteiger partial charge is 0.321 e. The van der Waals surface area contributed by atoms with Crippen molar-refractivity contribution in [3.8, 4) is 0 Å². The molecule has 0 bridgehead atoms. The third-order valence-corrected chi connectivity index (χ3v) is 4.85. The molecule has 2 fully saturated rings. The molecule has 1 unspecified atom stereocenters. The van der Waals surface area contributed by atoms with Gasteiger partial charge in [0.25, 0.3) is 0 Å². The van der Waals surface area contributed by atoms with Crippen LogP contribution in [0.4, 0.5) is 0 Å². The summed E-state index contributed by atoms with van der Waals surface area (Å²) >= 11 is 5.99. The van der Waals surface area contributed by atoms with Crippen LogP contribution in [-0.4, -0.2) is 22.9 Å². The number of nitrogens with one attached hydrogen (secondary N) is 1. The SMILES string of the molecule is CC(C)CN1C(=O)C2(CCCC2)NC1c1ccc(Cl)cc1. The summed E-state index contributed by atoms with van der Waals surface area (Å²) in [6.45, 7) is 5.11. The number of benzene rings is 1. The maximum absolute atomic E-state index is 13.0. The molecule has 1 N–H and O–H groups in total. The second kappa shape index (κ2) is 5.62. The first-order valence-corrected chi connectivity index (χ1v) is 8.24. The first kappa shape index (κ1) is 14.9. The molecule has 114 valence electrons. The van der Waals surface area contributed by atoms with E-state index >= 15 is 0 Å². The van der Waals surface area contributed by atoms with Gasteiger partial charge in [-0.15, -0.1) is 0 Å². The fourth-order valence-electron chi connectivity index (χ4n) is 3.62. The highest BCUT2D eigenvalue weighted by molar-refractivity contribution is 6.30. The molecule has 3 nitrogen and oxygen atoms in total. The molecule has 1 aliphatic heterocycles. The van der Waals surface area contributed by atoms with Gasteiger partial charge in [0.1, 0.15) is 6.17 Å². The summed E-state index contributed by atoms with van der Waals surface area (Å²) in [5.74, 6) is 0.746. The number of hydrogen-bond donors (Lipinski definition) is 1. The van der Waals surface area contributed by atoms with E-state index in [9.17, 15) is 4.79 Å². The fourth-order valence-corrected chi connectivity index (χ4v) is 3.75. The molecule has 0 aromatic heterocycles. The van der Waals surface area contributed by atoms with Crippen LogP contribution in [0.3, 0.4) is 0 Å². The smallest absolute Gasteiger partial charge is 0.244 e. The van der Waals surface area contributed by atoms with Crippen LogP contribution in [-0.2, 0) is 4.79 Å². The minimum absolute atomic E-state index is 0.0183. The highest BCUT2D eigenvalue weighted by atomic mass is 35.5. The minimum Gasteiger partial charge on any atom is -0.321 e.